The highest BCUT2D eigenvalue weighted by molar-refractivity contribution is 7.52. The highest BCUT2D eigenvalue weighted by Gasteiger charge is 2.33. The van der Waals surface area contributed by atoms with Crippen LogP contribution in [0.1, 0.15) is 24.6 Å². The average molecular weight is 431 g/mol. The Kier molecular flexibility index (Phi) is 6.10. The van der Waals surface area contributed by atoms with Crippen molar-refractivity contribution in [2.45, 2.75) is 25.0 Å². The molecule has 0 radical (unpaired) electrons. The molecule has 10 nitrogen and oxygen atoms in total. The van der Waals surface area contributed by atoms with Crippen molar-refractivity contribution in [1.29, 1.82) is 0 Å². The predicted octanol–water partition coefficient (Wildman–Crippen LogP) is 2.52. The molecule has 4 rings (SSSR count). The number of nitrogen functional groups attached to an aromatic ring is 1. The molecular formula is C19H22N5O5P. The van der Waals surface area contributed by atoms with E-state index >= 15 is 0 Å². The molecule has 0 amide bonds. The lowest BCUT2D eigenvalue weighted by molar-refractivity contribution is -0.107. The normalized spacial score (nSPS) is 20.8. The molecule has 1 aliphatic rings. The Bertz CT molecular complexity index is 1060. The number of carbonyl (C=O) groups is 1. The van der Waals surface area contributed by atoms with Gasteiger partial charge in [0.25, 0.3) is 0 Å². The molecule has 0 spiro atoms. The zero-order valence-electron chi connectivity index (χ0n) is 16.1. The van der Waals surface area contributed by atoms with Gasteiger partial charge in [0, 0.05) is 0 Å². The molecule has 1 fully saturated rings. The number of ether oxygens (including phenoxy) is 1. The van der Waals surface area contributed by atoms with E-state index in [1.165, 1.54) is 6.33 Å². The van der Waals surface area contributed by atoms with Crippen LogP contribution in [0.5, 0.6) is 5.75 Å². The zero-order chi connectivity index (χ0) is 21.0. The van der Waals surface area contributed by atoms with Gasteiger partial charge in [-0.25, -0.2) is 19.2 Å². The van der Waals surface area contributed by atoms with Gasteiger partial charge >= 0.3 is 7.75 Å². The first kappa shape index (κ1) is 20.5. The van der Waals surface area contributed by atoms with Crippen LogP contribution in [0.2, 0.25) is 0 Å². The van der Waals surface area contributed by atoms with Gasteiger partial charge in [-0.3, -0.25) is 4.52 Å². The third kappa shape index (κ3) is 4.52. The largest absolute Gasteiger partial charge is 0.459 e. The smallest absolute Gasteiger partial charge is 0.413 e. The molecule has 3 atom stereocenters. The summed E-state index contributed by atoms with van der Waals surface area (Å²) in [7, 11) is -3.74. The van der Waals surface area contributed by atoms with Crippen molar-refractivity contribution in [2.75, 3.05) is 18.9 Å². The number of hydrogen-bond acceptors (Lipinski definition) is 8. The van der Waals surface area contributed by atoms with Crippen LogP contribution >= 0.6 is 7.75 Å². The van der Waals surface area contributed by atoms with E-state index in [4.69, 9.17) is 19.5 Å². The van der Waals surface area contributed by atoms with Crippen LogP contribution in [0.25, 0.3) is 5.52 Å². The topological polar surface area (TPSA) is 130 Å². The van der Waals surface area contributed by atoms with Crippen molar-refractivity contribution < 1.29 is 23.1 Å². The summed E-state index contributed by atoms with van der Waals surface area (Å²) in [5.41, 5.74) is 7.47. The summed E-state index contributed by atoms with van der Waals surface area (Å²) in [6, 6.07) is 12.4. The molecule has 1 aromatic carbocycles. The average Bonchev–Trinajstić information content (AvgIpc) is 3.39. The summed E-state index contributed by atoms with van der Waals surface area (Å²) in [5, 5.41) is 6.78. The highest BCUT2D eigenvalue weighted by atomic mass is 31.2. The molecule has 3 unspecified atom stereocenters. The molecule has 1 aliphatic heterocycles. The van der Waals surface area contributed by atoms with Crippen LogP contribution < -0.4 is 15.3 Å². The number of anilines is 1. The first-order valence-corrected chi connectivity index (χ1v) is 11.0. The van der Waals surface area contributed by atoms with Gasteiger partial charge in [-0.05, 0) is 37.1 Å². The zero-order valence-corrected chi connectivity index (χ0v) is 17.0. The van der Waals surface area contributed by atoms with E-state index in [-0.39, 0.29) is 25.4 Å². The van der Waals surface area contributed by atoms with E-state index in [0.717, 1.165) is 17.6 Å². The third-order valence-electron chi connectivity index (χ3n) is 4.72. The van der Waals surface area contributed by atoms with Gasteiger partial charge in [0.15, 0.2) is 5.82 Å². The van der Waals surface area contributed by atoms with Crippen LogP contribution in [-0.4, -0.2) is 40.1 Å². The van der Waals surface area contributed by atoms with Crippen LogP contribution in [0, 0.1) is 0 Å². The lowest BCUT2D eigenvalue weighted by Gasteiger charge is -2.21. The summed E-state index contributed by atoms with van der Waals surface area (Å²) in [4.78, 5) is 14.7. The van der Waals surface area contributed by atoms with Gasteiger partial charge in [0.1, 0.15) is 30.0 Å². The van der Waals surface area contributed by atoms with Crippen molar-refractivity contribution in [3.05, 3.63) is 54.5 Å². The number of fused-ring (bicyclic) bond motifs is 1. The van der Waals surface area contributed by atoms with Crippen molar-refractivity contribution in [3.63, 3.8) is 0 Å². The number of nitrogens with two attached hydrogens (primary N) is 1. The number of nitrogens with zero attached hydrogens (tertiary/aromatic N) is 3. The van der Waals surface area contributed by atoms with Gasteiger partial charge in [0.2, 0.25) is 0 Å². The maximum atomic E-state index is 13.0. The Labute approximate surface area is 172 Å². The van der Waals surface area contributed by atoms with Gasteiger partial charge in [-0.2, -0.15) is 5.10 Å². The Hall–Kier alpha value is -2.78. The Balaban J connectivity index is 1.40. The van der Waals surface area contributed by atoms with Crippen LogP contribution in [0.4, 0.5) is 5.82 Å². The number of rotatable bonds is 9. The molecule has 0 aliphatic carbocycles. The second kappa shape index (κ2) is 8.93. The predicted molar refractivity (Wildman–Crippen MR) is 109 cm³/mol. The van der Waals surface area contributed by atoms with Crippen LogP contribution in [0.3, 0.4) is 0 Å². The van der Waals surface area contributed by atoms with Gasteiger partial charge in [-0.1, -0.05) is 18.2 Å². The Morgan fingerprint density at radius 3 is 2.90 bits per heavy atom. The monoisotopic (exact) mass is 431 g/mol. The number of hydrogen-bond donors (Lipinski definition) is 2. The standard InChI is InChI=1S/C19H22N5O5P/c20-19-17-8-7-16(24(17)22-13-21-19)18-9-6-15(28-18)12-27-30(26,23-10-11-25)29-14-4-2-1-3-5-14/h1-5,7-8,11,13,15,18H,6,9-10,12H2,(H,23,26)(H2,20,21,22). The number of aromatic nitrogens is 3. The lowest BCUT2D eigenvalue weighted by Crippen LogP contribution is -2.22. The molecule has 1 saturated heterocycles. The molecule has 2 aromatic heterocycles. The fourth-order valence-corrected chi connectivity index (χ4v) is 4.59. The minimum Gasteiger partial charge on any atom is -0.413 e. The summed E-state index contributed by atoms with van der Waals surface area (Å²) in [6.45, 7) is -0.109. The van der Waals surface area contributed by atoms with E-state index in [1.807, 2.05) is 18.2 Å². The van der Waals surface area contributed by atoms with Gasteiger partial charge < -0.3 is 19.8 Å². The maximum absolute atomic E-state index is 13.0. The molecule has 158 valence electrons. The number of aldehydes is 1. The first-order chi connectivity index (χ1) is 14.6. The Morgan fingerprint density at radius 1 is 1.27 bits per heavy atom. The summed E-state index contributed by atoms with van der Waals surface area (Å²) >= 11 is 0. The van der Waals surface area contributed by atoms with Crippen molar-refractivity contribution in [1.82, 2.24) is 19.7 Å². The van der Waals surface area contributed by atoms with E-state index in [9.17, 15) is 9.36 Å². The number of benzene rings is 1. The van der Waals surface area contributed by atoms with Gasteiger partial charge in [-0.15, -0.1) is 0 Å². The second-order valence-corrected chi connectivity index (χ2v) is 8.50. The number of para-hydroxylation sites is 1. The van der Waals surface area contributed by atoms with Crippen molar-refractivity contribution in [2.24, 2.45) is 0 Å². The second-order valence-electron chi connectivity index (χ2n) is 6.75. The van der Waals surface area contributed by atoms with Gasteiger partial charge in [0.05, 0.1) is 24.9 Å². The quantitative estimate of drug-likeness (QED) is 0.388. The van der Waals surface area contributed by atoms with Crippen molar-refractivity contribution in [3.8, 4) is 5.75 Å². The Morgan fingerprint density at radius 2 is 2.10 bits per heavy atom. The summed E-state index contributed by atoms with van der Waals surface area (Å²) < 4.78 is 31.9. The molecule has 30 heavy (non-hydrogen) atoms. The molecule has 3 aromatic rings. The SMILES string of the molecule is Nc1ncnn2c(C3CCC(COP(=O)(NCC=O)Oc4ccccc4)O3)ccc12. The number of carbonyl (C=O) groups excluding carboxylic acids is 1. The van der Waals surface area contributed by atoms with E-state index in [0.29, 0.717) is 24.3 Å². The fraction of sp³-hybridized carbons (Fsp3) is 0.316. The minimum atomic E-state index is -3.74. The van der Waals surface area contributed by atoms with Crippen LogP contribution in [-0.2, 0) is 18.6 Å². The molecular weight excluding hydrogens is 409 g/mol. The number of nitrogens with one attached hydrogen (secondary N) is 1. The molecule has 3 heterocycles. The van der Waals surface area contributed by atoms with Crippen LogP contribution in [0.15, 0.2) is 48.8 Å². The molecule has 0 saturated carbocycles. The molecule has 3 N–H and O–H groups in total. The third-order valence-corrected chi connectivity index (χ3v) is 6.23. The molecule has 0 bridgehead atoms. The minimum absolute atomic E-state index is 0.0485. The molecule has 11 heteroatoms. The van der Waals surface area contributed by atoms with E-state index in [1.54, 1.807) is 28.8 Å². The van der Waals surface area contributed by atoms with Crippen molar-refractivity contribution >= 4 is 25.4 Å². The first-order valence-electron chi connectivity index (χ1n) is 9.49. The highest BCUT2D eigenvalue weighted by Crippen LogP contribution is 2.45. The van der Waals surface area contributed by atoms with E-state index in [2.05, 4.69) is 15.2 Å². The summed E-state index contributed by atoms with van der Waals surface area (Å²) in [6.07, 6.45) is 2.96. The lowest BCUT2D eigenvalue weighted by atomic mass is 10.1. The maximum Gasteiger partial charge on any atom is 0.459 e. The fourth-order valence-electron chi connectivity index (χ4n) is 3.32. The summed E-state index contributed by atoms with van der Waals surface area (Å²) in [5.74, 6) is 0.774. The van der Waals surface area contributed by atoms with E-state index < -0.39 is 7.75 Å².